The number of rotatable bonds is 7. The molecule has 1 amide bonds. The fraction of sp³-hybridized carbons (Fsp3) is 0.731. The van der Waals surface area contributed by atoms with E-state index in [1.54, 1.807) is 52.1 Å². The number of methoxy groups -OCH3 is 3. The molecule has 2 N–H and O–H groups in total. The van der Waals surface area contributed by atoms with Gasteiger partial charge >= 0.3 is 5.97 Å². The van der Waals surface area contributed by atoms with Crippen LogP contribution >= 0.6 is 0 Å². The van der Waals surface area contributed by atoms with Crippen molar-refractivity contribution in [2.45, 2.75) is 180 Å². The van der Waals surface area contributed by atoms with Crippen molar-refractivity contribution in [3.05, 3.63) is 53.9 Å². The highest BCUT2D eigenvalue weighted by Crippen LogP contribution is 2.39. The number of carbonyl (C=O) groups is 5. The van der Waals surface area contributed by atoms with Crippen molar-refractivity contribution in [3.63, 3.8) is 0 Å². The van der Waals surface area contributed by atoms with Gasteiger partial charge in [0.25, 0.3) is 11.7 Å². The number of allylic oxidation sites excluding steroid dienone is 6. The molecule has 4 heterocycles. The van der Waals surface area contributed by atoms with Gasteiger partial charge in [-0.3, -0.25) is 19.2 Å². The van der Waals surface area contributed by atoms with Gasteiger partial charge in [0.05, 0.1) is 24.4 Å². The maximum absolute atomic E-state index is 14.5. The van der Waals surface area contributed by atoms with Gasteiger partial charge < -0.3 is 38.8 Å². The van der Waals surface area contributed by atoms with Crippen LogP contribution in [0.25, 0.3) is 0 Å². The highest BCUT2D eigenvalue weighted by Gasteiger charge is 2.53. The number of ketones is 3. The van der Waals surface area contributed by atoms with E-state index in [0.717, 1.165) is 18.4 Å². The minimum absolute atomic E-state index is 0.0170. The van der Waals surface area contributed by atoms with E-state index in [9.17, 15) is 34.2 Å². The number of nitrogens with zero attached hydrogens (tertiary/aromatic N) is 5. The molecule has 0 radical (unpaired) electrons. The molecule has 1 aromatic rings. The molecule has 0 spiro atoms. The lowest BCUT2D eigenvalue weighted by molar-refractivity contribution is -0.265. The van der Waals surface area contributed by atoms with Crippen molar-refractivity contribution in [2.75, 3.05) is 27.9 Å². The molecule has 384 valence electrons. The number of aromatic nitrogens is 4. The second kappa shape index (κ2) is 25.7. The summed E-state index contributed by atoms with van der Waals surface area (Å²) in [6.07, 6.45) is 13.9. The number of carbonyl (C=O) groups excluding carboxylic acids is 5. The molecule has 69 heavy (non-hydrogen) atoms. The minimum Gasteiger partial charge on any atom is -0.460 e. The van der Waals surface area contributed by atoms with Crippen LogP contribution in [-0.2, 0) is 47.7 Å². The number of fused-ring (bicyclic) bond motifs is 3. The minimum atomic E-state index is -2.43. The summed E-state index contributed by atoms with van der Waals surface area (Å²) in [5.41, 5.74) is 1.27. The third kappa shape index (κ3) is 14.2. The van der Waals surface area contributed by atoms with Gasteiger partial charge in [-0.2, -0.15) is 0 Å². The van der Waals surface area contributed by atoms with Crippen LogP contribution in [0.5, 0.6) is 0 Å². The number of hydrogen-bond donors (Lipinski definition) is 2. The smallest absolute Gasteiger partial charge is 0.329 e. The number of tetrazole rings is 1. The Hall–Kier alpha value is -4.26. The Bertz CT molecular complexity index is 2020. The molecular weight excluding hydrogens is 887 g/mol. The van der Waals surface area contributed by atoms with E-state index < -0.39 is 77.8 Å². The first-order valence-electron chi connectivity index (χ1n) is 25.0. The Morgan fingerprint density at radius 3 is 2.32 bits per heavy atom. The second-order valence-electron chi connectivity index (χ2n) is 20.4. The molecule has 4 aliphatic rings. The number of cyclic esters (lactones) is 1. The number of aliphatic hydroxyl groups is 2. The number of amides is 1. The number of esters is 1. The van der Waals surface area contributed by atoms with Crippen LogP contribution in [-0.4, -0.2) is 141 Å². The zero-order valence-corrected chi connectivity index (χ0v) is 42.5. The highest BCUT2D eigenvalue weighted by molar-refractivity contribution is 6.39. The van der Waals surface area contributed by atoms with Crippen LogP contribution in [0.4, 0.5) is 0 Å². The topological polar surface area (TPSA) is 219 Å². The lowest BCUT2D eigenvalue weighted by atomic mass is 9.77. The molecule has 5 rings (SSSR count). The number of aliphatic hydroxyl groups excluding tert-OH is 1. The lowest BCUT2D eigenvalue weighted by Gasteiger charge is -2.42. The number of ether oxygens (including phenoxy) is 5. The van der Waals surface area contributed by atoms with Crippen LogP contribution in [0, 0.1) is 35.5 Å². The van der Waals surface area contributed by atoms with Crippen molar-refractivity contribution in [1.82, 2.24) is 25.1 Å². The molecule has 5 unspecified atom stereocenters. The van der Waals surface area contributed by atoms with E-state index in [-0.39, 0.29) is 60.9 Å². The van der Waals surface area contributed by atoms with Crippen LogP contribution in [0.2, 0.25) is 0 Å². The Morgan fingerprint density at radius 2 is 1.64 bits per heavy atom. The molecule has 1 saturated carbocycles. The van der Waals surface area contributed by atoms with Crippen LogP contribution in [0.3, 0.4) is 0 Å². The molecule has 2 bridgehead atoms. The third-order valence-electron chi connectivity index (χ3n) is 15.2. The second-order valence-corrected chi connectivity index (χ2v) is 20.4. The average molecular weight is 966 g/mol. The SMILES string of the molecule is COC1C(=O)C(C)C[C@H](C)/C=C/C=C/C=C(\C)[C@@H](OC)C[C@@H]2CC[C@@H](C)[C@@](O)(O2)C(=O)C(=O)N2CCCCC2C(=O)O[C@H]([C@H](C)C[C@@H]2CCC(n3cnnn3)[C@H](OC)C2)CC(=O)[C@H](C)/C=C(\C)C1O. The number of Topliss-reactive ketones (excluding diaryl/α,β-unsaturated/α-hetero) is 3. The zero-order chi connectivity index (χ0) is 50.6. The average Bonchev–Trinajstić information content (AvgIpc) is 3.88. The van der Waals surface area contributed by atoms with Crippen molar-refractivity contribution in [2.24, 2.45) is 35.5 Å². The summed E-state index contributed by atoms with van der Waals surface area (Å²) in [5, 5.41) is 35.2. The number of hydrogen-bond acceptors (Lipinski definition) is 15. The fourth-order valence-corrected chi connectivity index (χ4v) is 10.7. The maximum atomic E-state index is 14.5. The van der Waals surface area contributed by atoms with E-state index in [1.807, 2.05) is 58.1 Å². The summed E-state index contributed by atoms with van der Waals surface area (Å²) < 4.78 is 31.6. The molecule has 15 atom stereocenters. The Balaban J connectivity index is 1.46. The highest BCUT2D eigenvalue weighted by atomic mass is 16.6. The fourth-order valence-electron chi connectivity index (χ4n) is 10.7. The van der Waals surface area contributed by atoms with Gasteiger partial charge in [0.2, 0.25) is 5.79 Å². The largest absolute Gasteiger partial charge is 0.460 e. The predicted octanol–water partition coefficient (Wildman–Crippen LogP) is 6.05. The van der Waals surface area contributed by atoms with Crippen molar-refractivity contribution < 1.29 is 57.9 Å². The summed E-state index contributed by atoms with van der Waals surface area (Å²) in [7, 11) is 4.62. The quantitative estimate of drug-likeness (QED) is 0.181. The molecule has 17 heteroatoms. The molecule has 0 aromatic carbocycles. The Labute approximate surface area is 408 Å². The summed E-state index contributed by atoms with van der Waals surface area (Å²) in [5.74, 6) is -7.92. The first-order chi connectivity index (χ1) is 32.8. The van der Waals surface area contributed by atoms with E-state index in [0.29, 0.717) is 56.9 Å². The molecule has 3 fully saturated rings. The summed E-state index contributed by atoms with van der Waals surface area (Å²) in [6.45, 7) is 12.8. The van der Waals surface area contributed by atoms with Crippen LogP contribution < -0.4 is 0 Å². The standard InChI is InChI=1S/C52H79N5O12/c1-31-16-12-11-13-17-32(2)43(65-8)28-39-21-19-37(7)52(64,69-39)49(61)50(62)56-23-15-14-18-41(56)51(63)68-44(34(4)26-38-20-22-40(45(27-38)66-9)57-30-53-54-55-57)29-42(58)33(3)25-36(6)47(60)48(67-10)46(59)35(5)24-31/h11-13,16-17,25,30-31,33-35,37-41,43-45,47-48,60,64H,14-15,18-24,26-29H2,1-10H3/b13-11+,16-12+,32-17+,36-25+/t31-,33-,34-,35?,37-,38+,39+,40?,41?,43+,44+,45-,47?,48?,52-/m1/s1. The summed E-state index contributed by atoms with van der Waals surface area (Å²) in [4.78, 5) is 72.3. The third-order valence-corrected chi connectivity index (χ3v) is 15.2. The van der Waals surface area contributed by atoms with Crippen molar-refractivity contribution in [3.8, 4) is 0 Å². The monoisotopic (exact) mass is 966 g/mol. The number of piperidine rings is 1. The van der Waals surface area contributed by atoms with Crippen LogP contribution in [0.1, 0.15) is 132 Å². The van der Waals surface area contributed by atoms with E-state index in [2.05, 4.69) is 15.5 Å². The molecule has 1 aromatic heterocycles. The summed E-state index contributed by atoms with van der Waals surface area (Å²) in [6, 6.07) is -1.19. The van der Waals surface area contributed by atoms with E-state index >= 15 is 0 Å². The van der Waals surface area contributed by atoms with E-state index in [4.69, 9.17) is 23.7 Å². The van der Waals surface area contributed by atoms with E-state index in [1.165, 1.54) is 12.0 Å². The van der Waals surface area contributed by atoms with Crippen LogP contribution in [0.15, 0.2) is 53.9 Å². The van der Waals surface area contributed by atoms with Gasteiger partial charge in [-0.15, -0.1) is 5.10 Å². The molecule has 3 aliphatic heterocycles. The summed E-state index contributed by atoms with van der Waals surface area (Å²) >= 11 is 0. The predicted molar refractivity (Wildman–Crippen MR) is 256 cm³/mol. The van der Waals surface area contributed by atoms with Gasteiger partial charge in [-0.25, -0.2) is 9.48 Å². The molecule has 17 nitrogen and oxygen atoms in total. The Kier molecular flexibility index (Phi) is 20.8. The first-order valence-corrected chi connectivity index (χ1v) is 25.0. The van der Waals surface area contributed by atoms with Gasteiger partial charge in [-0.1, -0.05) is 71.1 Å². The lowest BCUT2D eigenvalue weighted by Crippen LogP contribution is -2.61. The van der Waals surface area contributed by atoms with Gasteiger partial charge in [0.15, 0.2) is 5.78 Å². The Morgan fingerprint density at radius 1 is 0.884 bits per heavy atom. The zero-order valence-electron chi connectivity index (χ0n) is 42.5. The maximum Gasteiger partial charge on any atom is 0.329 e. The van der Waals surface area contributed by atoms with Gasteiger partial charge in [0.1, 0.15) is 36.5 Å². The first kappa shape index (κ1) is 55.7. The molecule has 1 aliphatic carbocycles. The normalized spacial score (nSPS) is 38.8. The molecule has 2 saturated heterocycles. The van der Waals surface area contributed by atoms with Crippen molar-refractivity contribution >= 4 is 29.2 Å². The van der Waals surface area contributed by atoms with Crippen molar-refractivity contribution in [1.29, 1.82) is 0 Å². The molecular formula is C52H79N5O12. The van der Waals surface area contributed by atoms with Gasteiger partial charge in [-0.05, 0) is 117 Å². The van der Waals surface area contributed by atoms with Gasteiger partial charge in [0, 0.05) is 58.5 Å².